The fraction of sp³-hybridized carbons (Fsp3) is 0.333. The fourth-order valence-corrected chi connectivity index (χ4v) is 4.21. The van der Waals surface area contributed by atoms with Crippen molar-refractivity contribution in [1.29, 1.82) is 0 Å². The Hall–Kier alpha value is -2.64. The van der Waals surface area contributed by atoms with Crippen LogP contribution in [0.2, 0.25) is 0 Å². The maximum absolute atomic E-state index is 11.8. The molecule has 6 nitrogen and oxygen atoms in total. The van der Waals surface area contributed by atoms with Crippen molar-refractivity contribution in [3.63, 3.8) is 0 Å². The number of benzene rings is 2. The summed E-state index contributed by atoms with van der Waals surface area (Å²) in [5.74, 6) is 6.38. The van der Waals surface area contributed by atoms with Crippen molar-refractivity contribution in [3.05, 3.63) is 53.1 Å². The van der Waals surface area contributed by atoms with Crippen molar-refractivity contribution in [3.8, 4) is 11.5 Å². The third-order valence-corrected chi connectivity index (χ3v) is 5.80. The van der Waals surface area contributed by atoms with Gasteiger partial charge in [0.1, 0.15) is 4.99 Å². The number of carbonyl (C=O) groups is 1. The predicted octanol–water partition coefficient (Wildman–Crippen LogP) is 3.32. The lowest BCUT2D eigenvalue weighted by molar-refractivity contribution is 0.0953. The summed E-state index contributed by atoms with van der Waals surface area (Å²) in [6, 6.07) is 11.4. The first kappa shape index (κ1) is 18.7. The molecule has 0 spiro atoms. The van der Waals surface area contributed by atoms with Crippen LogP contribution in [0.25, 0.3) is 0 Å². The molecule has 2 aromatic rings. The molecule has 2 aromatic carbocycles. The van der Waals surface area contributed by atoms with Gasteiger partial charge >= 0.3 is 0 Å². The molecule has 1 saturated carbocycles. The molecule has 146 valence electrons. The molecule has 2 aliphatic rings. The molecule has 7 heteroatoms. The fourth-order valence-electron chi connectivity index (χ4n) is 3.85. The predicted molar refractivity (Wildman–Crippen MR) is 112 cm³/mol. The molecule has 0 aromatic heterocycles. The summed E-state index contributed by atoms with van der Waals surface area (Å²) in [4.78, 5) is 14.6. The summed E-state index contributed by atoms with van der Waals surface area (Å²) in [6.45, 7) is 0.647. The van der Waals surface area contributed by atoms with Gasteiger partial charge in [-0.25, -0.2) is 5.84 Å². The van der Waals surface area contributed by atoms with Gasteiger partial charge in [0.05, 0.1) is 13.2 Å². The average Bonchev–Trinajstić information content (AvgIpc) is 3.35. The SMILES string of the molecule is COc1ccc(N2Cc3ccc(C(=O)NN)cc3C2=S)cc1OC1CCCC1. The van der Waals surface area contributed by atoms with Gasteiger partial charge in [-0.15, -0.1) is 0 Å². The molecule has 4 rings (SSSR count). The molecule has 0 saturated heterocycles. The highest BCUT2D eigenvalue weighted by atomic mass is 32.1. The van der Waals surface area contributed by atoms with E-state index < -0.39 is 0 Å². The number of ether oxygens (including phenoxy) is 2. The number of methoxy groups -OCH3 is 1. The van der Waals surface area contributed by atoms with Gasteiger partial charge in [0.25, 0.3) is 5.91 Å². The van der Waals surface area contributed by atoms with Crippen LogP contribution < -0.4 is 25.6 Å². The van der Waals surface area contributed by atoms with Crippen LogP contribution in [0, 0.1) is 0 Å². The molecule has 28 heavy (non-hydrogen) atoms. The maximum atomic E-state index is 11.8. The molecular formula is C21H23N3O3S. The molecule has 0 bridgehead atoms. The van der Waals surface area contributed by atoms with E-state index >= 15 is 0 Å². The summed E-state index contributed by atoms with van der Waals surface area (Å²) in [5.41, 5.74) is 5.55. The summed E-state index contributed by atoms with van der Waals surface area (Å²) >= 11 is 5.70. The molecule has 1 aliphatic heterocycles. The van der Waals surface area contributed by atoms with Gasteiger partial charge in [0.15, 0.2) is 11.5 Å². The van der Waals surface area contributed by atoms with Crippen LogP contribution in [0.4, 0.5) is 5.69 Å². The number of anilines is 1. The minimum absolute atomic E-state index is 0.240. The van der Waals surface area contributed by atoms with Crippen LogP contribution in [0.15, 0.2) is 36.4 Å². The van der Waals surface area contributed by atoms with Crippen molar-refractivity contribution in [2.45, 2.75) is 38.3 Å². The quantitative estimate of drug-likeness (QED) is 0.349. The Morgan fingerprint density at radius 3 is 2.68 bits per heavy atom. The summed E-state index contributed by atoms with van der Waals surface area (Å²) in [5, 5.41) is 0. The van der Waals surface area contributed by atoms with Crippen LogP contribution in [-0.2, 0) is 6.54 Å². The second kappa shape index (κ2) is 7.77. The van der Waals surface area contributed by atoms with Crippen LogP contribution in [-0.4, -0.2) is 24.1 Å². The second-order valence-corrected chi connectivity index (χ2v) is 7.48. The molecule has 0 unspecified atom stereocenters. The molecule has 3 N–H and O–H groups in total. The number of fused-ring (bicyclic) bond motifs is 1. The third kappa shape index (κ3) is 3.43. The largest absolute Gasteiger partial charge is 0.493 e. The van der Waals surface area contributed by atoms with E-state index in [0.717, 1.165) is 41.2 Å². The Kier molecular flexibility index (Phi) is 5.19. The van der Waals surface area contributed by atoms with E-state index in [9.17, 15) is 4.79 Å². The van der Waals surface area contributed by atoms with E-state index in [4.69, 9.17) is 27.5 Å². The van der Waals surface area contributed by atoms with Gasteiger partial charge in [-0.05, 0) is 55.5 Å². The number of hydrogen-bond donors (Lipinski definition) is 2. The van der Waals surface area contributed by atoms with Crippen LogP contribution in [0.3, 0.4) is 0 Å². The highest BCUT2D eigenvalue weighted by Gasteiger charge is 2.27. The minimum atomic E-state index is -0.333. The molecule has 0 radical (unpaired) electrons. The van der Waals surface area contributed by atoms with E-state index in [1.54, 1.807) is 19.2 Å². The topological polar surface area (TPSA) is 76.8 Å². The summed E-state index contributed by atoms with van der Waals surface area (Å²) in [7, 11) is 1.65. The number of rotatable bonds is 5. The monoisotopic (exact) mass is 397 g/mol. The first-order chi connectivity index (χ1) is 13.6. The number of thiocarbonyl (C=S) groups is 1. The van der Waals surface area contributed by atoms with E-state index in [1.807, 2.05) is 29.2 Å². The first-order valence-corrected chi connectivity index (χ1v) is 9.82. The van der Waals surface area contributed by atoms with Crippen molar-refractivity contribution < 1.29 is 14.3 Å². The van der Waals surface area contributed by atoms with E-state index in [1.165, 1.54) is 12.8 Å². The molecular weight excluding hydrogens is 374 g/mol. The van der Waals surface area contributed by atoms with Crippen LogP contribution in [0.1, 0.15) is 47.2 Å². The van der Waals surface area contributed by atoms with Gasteiger partial charge in [0, 0.05) is 29.4 Å². The van der Waals surface area contributed by atoms with Gasteiger partial charge in [0.2, 0.25) is 0 Å². The highest BCUT2D eigenvalue weighted by molar-refractivity contribution is 7.81. The lowest BCUT2D eigenvalue weighted by Gasteiger charge is -2.22. The first-order valence-electron chi connectivity index (χ1n) is 9.41. The van der Waals surface area contributed by atoms with Crippen molar-refractivity contribution in [1.82, 2.24) is 5.43 Å². The Balaban J connectivity index is 1.62. The summed E-state index contributed by atoms with van der Waals surface area (Å²) in [6.07, 6.45) is 4.80. The number of hydrogen-bond acceptors (Lipinski definition) is 5. The van der Waals surface area contributed by atoms with E-state index in [-0.39, 0.29) is 12.0 Å². The average molecular weight is 398 g/mol. The Labute approximate surface area is 169 Å². The smallest absolute Gasteiger partial charge is 0.265 e. The van der Waals surface area contributed by atoms with Gasteiger partial charge in [-0.2, -0.15) is 0 Å². The number of nitrogen functional groups attached to an aromatic ring is 1. The molecule has 1 heterocycles. The third-order valence-electron chi connectivity index (χ3n) is 5.36. The molecule has 0 atom stereocenters. The summed E-state index contributed by atoms with van der Waals surface area (Å²) < 4.78 is 11.7. The number of amides is 1. The second-order valence-electron chi connectivity index (χ2n) is 7.10. The van der Waals surface area contributed by atoms with Gasteiger partial charge < -0.3 is 14.4 Å². The van der Waals surface area contributed by atoms with Crippen molar-refractivity contribution in [2.24, 2.45) is 5.84 Å². The van der Waals surface area contributed by atoms with E-state index in [0.29, 0.717) is 17.1 Å². The zero-order valence-electron chi connectivity index (χ0n) is 15.7. The minimum Gasteiger partial charge on any atom is -0.493 e. The lowest BCUT2D eigenvalue weighted by atomic mass is 10.1. The van der Waals surface area contributed by atoms with Crippen LogP contribution in [0.5, 0.6) is 11.5 Å². The van der Waals surface area contributed by atoms with Crippen molar-refractivity contribution in [2.75, 3.05) is 12.0 Å². The van der Waals surface area contributed by atoms with Crippen LogP contribution >= 0.6 is 12.2 Å². The van der Waals surface area contributed by atoms with Gasteiger partial charge in [-0.1, -0.05) is 18.3 Å². The van der Waals surface area contributed by atoms with Crippen molar-refractivity contribution >= 4 is 28.8 Å². The number of hydrazine groups is 1. The molecule has 1 aliphatic carbocycles. The standard InChI is InChI=1S/C21H23N3O3S/c1-26-18-9-8-15(11-19(18)27-16-4-2-3-5-16)24-12-14-7-6-13(20(25)23-22)10-17(14)21(24)28/h6-11,16H,2-5,12,22H2,1H3,(H,23,25). The normalized spacial score (nSPS) is 16.2. The van der Waals surface area contributed by atoms with Gasteiger partial charge in [-0.3, -0.25) is 10.2 Å². The highest BCUT2D eigenvalue weighted by Crippen LogP contribution is 2.37. The Morgan fingerprint density at radius 2 is 1.96 bits per heavy atom. The number of nitrogens with two attached hydrogens (primary N) is 1. The molecule has 1 amide bonds. The zero-order chi connectivity index (χ0) is 19.7. The number of carbonyl (C=O) groups excluding carboxylic acids is 1. The maximum Gasteiger partial charge on any atom is 0.265 e. The number of nitrogens with zero attached hydrogens (tertiary/aromatic N) is 1. The number of nitrogens with one attached hydrogen (secondary N) is 1. The molecule has 1 fully saturated rings. The Bertz CT molecular complexity index is 925. The Morgan fingerprint density at radius 1 is 1.18 bits per heavy atom. The van der Waals surface area contributed by atoms with E-state index in [2.05, 4.69) is 5.43 Å². The zero-order valence-corrected chi connectivity index (χ0v) is 16.6. The lowest BCUT2D eigenvalue weighted by Crippen LogP contribution is -2.30.